The van der Waals surface area contributed by atoms with Crippen LogP contribution in [-0.2, 0) is 6.42 Å². The molecule has 1 aliphatic rings. The molecule has 0 unspecified atom stereocenters. The van der Waals surface area contributed by atoms with E-state index in [4.69, 9.17) is 4.98 Å². The van der Waals surface area contributed by atoms with Crippen LogP contribution in [0.1, 0.15) is 24.8 Å². The predicted molar refractivity (Wildman–Crippen MR) is 96.8 cm³/mol. The molecule has 3 heterocycles. The normalized spacial score (nSPS) is 18.5. The van der Waals surface area contributed by atoms with Gasteiger partial charge in [-0.25, -0.2) is 9.97 Å². The number of benzene rings is 1. The van der Waals surface area contributed by atoms with Crippen LogP contribution in [0.5, 0.6) is 0 Å². The quantitative estimate of drug-likeness (QED) is 0.653. The number of halogens is 1. The van der Waals surface area contributed by atoms with Crippen molar-refractivity contribution in [3.05, 3.63) is 47.5 Å². The molecule has 5 heteroatoms. The first kappa shape index (κ1) is 15.7. The third kappa shape index (κ3) is 3.19. The third-order valence-electron chi connectivity index (χ3n) is 4.80. The molecule has 1 atom stereocenters. The fourth-order valence-electron chi connectivity index (χ4n) is 3.37. The van der Waals surface area contributed by atoms with Gasteiger partial charge in [0.05, 0.1) is 15.2 Å². The van der Waals surface area contributed by atoms with Gasteiger partial charge in [0.1, 0.15) is 0 Å². The van der Waals surface area contributed by atoms with Crippen molar-refractivity contribution in [1.29, 1.82) is 0 Å². The Bertz CT molecular complexity index is 843. The Balaban J connectivity index is 1.53. The number of rotatable bonds is 4. The maximum Gasteiger partial charge on any atom is 0.212 e. The molecule has 0 bridgehead atoms. The van der Waals surface area contributed by atoms with Crippen molar-refractivity contribution in [2.75, 3.05) is 13.1 Å². The van der Waals surface area contributed by atoms with E-state index in [-0.39, 0.29) is 0 Å². The molecule has 0 spiro atoms. The van der Waals surface area contributed by atoms with Crippen molar-refractivity contribution in [2.24, 2.45) is 0 Å². The van der Waals surface area contributed by atoms with Crippen LogP contribution >= 0.6 is 11.3 Å². The number of aromatic nitrogens is 2. The highest BCUT2D eigenvalue weighted by molar-refractivity contribution is 7.18. The molecule has 1 aliphatic heterocycles. The molecule has 0 N–H and O–H groups in total. The monoisotopic (exact) mass is 341 g/mol. The van der Waals surface area contributed by atoms with Gasteiger partial charge in [0, 0.05) is 30.8 Å². The molecule has 0 radical (unpaired) electrons. The smallest absolute Gasteiger partial charge is 0.212 e. The third-order valence-corrected chi connectivity index (χ3v) is 5.89. The topological polar surface area (TPSA) is 29.0 Å². The fraction of sp³-hybridized carbons (Fsp3) is 0.368. The maximum absolute atomic E-state index is 13.0. The summed E-state index contributed by atoms with van der Waals surface area (Å²) in [5.41, 5.74) is 2.96. The predicted octanol–water partition coefficient (Wildman–Crippen LogP) is 4.52. The number of nitrogens with zero attached hydrogens (tertiary/aromatic N) is 3. The van der Waals surface area contributed by atoms with Gasteiger partial charge in [-0.3, -0.25) is 0 Å². The zero-order valence-corrected chi connectivity index (χ0v) is 14.5. The summed E-state index contributed by atoms with van der Waals surface area (Å²) in [5, 5.41) is 1.19. The van der Waals surface area contributed by atoms with Crippen LogP contribution in [0.4, 0.5) is 4.39 Å². The Labute approximate surface area is 145 Å². The molecule has 3 aromatic rings. The van der Waals surface area contributed by atoms with E-state index in [1.54, 1.807) is 23.6 Å². The van der Waals surface area contributed by atoms with E-state index in [9.17, 15) is 4.39 Å². The number of fused-ring (bicyclic) bond motifs is 1. The first-order valence-electron chi connectivity index (χ1n) is 8.44. The van der Waals surface area contributed by atoms with Crippen LogP contribution in [0, 0.1) is 5.95 Å². The second kappa shape index (κ2) is 6.57. The highest BCUT2D eigenvalue weighted by Crippen LogP contribution is 2.28. The van der Waals surface area contributed by atoms with Crippen molar-refractivity contribution in [3.8, 4) is 11.1 Å². The minimum atomic E-state index is -0.452. The van der Waals surface area contributed by atoms with E-state index < -0.39 is 5.95 Å². The number of likely N-dealkylation sites (tertiary alicyclic amines) is 1. The van der Waals surface area contributed by atoms with Gasteiger partial charge in [-0.05, 0) is 56.1 Å². The van der Waals surface area contributed by atoms with Gasteiger partial charge in [0.25, 0.3) is 0 Å². The highest BCUT2D eigenvalue weighted by atomic mass is 32.1. The Morgan fingerprint density at radius 2 is 2.12 bits per heavy atom. The first-order chi connectivity index (χ1) is 11.7. The van der Waals surface area contributed by atoms with Gasteiger partial charge in [0.15, 0.2) is 0 Å². The minimum absolute atomic E-state index is 0.452. The van der Waals surface area contributed by atoms with Crippen molar-refractivity contribution < 1.29 is 4.39 Å². The highest BCUT2D eigenvalue weighted by Gasteiger charge is 2.20. The summed E-state index contributed by atoms with van der Waals surface area (Å²) in [6.07, 6.45) is 5.21. The average Bonchev–Trinajstić information content (AvgIpc) is 3.18. The molecular formula is C19H20FN3S. The van der Waals surface area contributed by atoms with E-state index in [1.165, 1.54) is 35.2 Å². The fourth-order valence-corrected chi connectivity index (χ4v) is 4.31. The maximum atomic E-state index is 13.0. The number of hydrogen-bond donors (Lipinski definition) is 0. The van der Waals surface area contributed by atoms with E-state index in [0.717, 1.165) is 29.6 Å². The zero-order chi connectivity index (χ0) is 16.5. The summed E-state index contributed by atoms with van der Waals surface area (Å²) in [7, 11) is 0. The summed E-state index contributed by atoms with van der Waals surface area (Å²) >= 11 is 1.77. The Kier molecular flexibility index (Phi) is 4.29. The van der Waals surface area contributed by atoms with Gasteiger partial charge >= 0.3 is 0 Å². The molecule has 0 saturated carbocycles. The van der Waals surface area contributed by atoms with Gasteiger partial charge in [-0.15, -0.1) is 11.3 Å². The van der Waals surface area contributed by atoms with E-state index in [0.29, 0.717) is 6.04 Å². The zero-order valence-electron chi connectivity index (χ0n) is 13.7. The van der Waals surface area contributed by atoms with Gasteiger partial charge in [-0.1, -0.05) is 6.07 Å². The van der Waals surface area contributed by atoms with Crippen LogP contribution in [0.2, 0.25) is 0 Å². The molecule has 0 aliphatic carbocycles. The lowest BCUT2D eigenvalue weighted by Gasteiger charge is -2.19. The van der Waals surface area contributed by atoms with Crippen LogP contribution in [0.3, 0.4) is 0 Å². The van der Waals surface area contributed by atoms with E-state index in [1.807, 2.05) is 0 Å². The summed E-state index contributed by atoms with van der Waals surface area (Å²) in [6.45, 7) is 4.62. The molecule has 3 nitrogen and oxygen atoms in total. The lowest BCUT2D eigenvalue weighted by molar-refractivity contribution is 0.272. The molecule has 24 heavy (non-hydrogen) atoms. The summed E-state index contributed by atoms with van der Waals surface area (Å²) in [4.78, 5) is 11.1. The van der Waals surface area contributed by atoms with Crippen molar-refractivity contribution >= 4 is 21.6 Å². The molecule has 4 rings (SSSR count). The average molecular weight is 341 g/mol. The molecule has 1 aromatic carbocycles. The van der Waals surface area contributed by atoms with Crippen molar-refractivity contribution in [1.82, 2.24) is 14.9 Å². The number of thiazole rings is 1. The minimum Gasteiger partial charge on any atom is -0.300 e. The van der Waals surface area contributed by atoms with Gasteiger partial charge in [0.2, 0.25) is 5.95 Å². The Morgan fingerprint density at radius 3 is 2.88 bits per heavy atom. The second-order valence-electron chi connectivity index (χ2n) is 6.44. The standard InChI is InChI=1S/C19H20FN3S/c1-13-3-2-9-23(13)10-8-19-22-16-11-14(4-6-17(16)24-19)15-5-7-18(20)21-12-15/h4-7,11-13H,2-3,8-10H2,1H3/t13-/m1/s1. The Morgan fingerprint density at radius 1 is 1.25 bits per heavy atom. The Hall–Kier alpha value is -1.85. The van der Waals surface area contributed by atoms with E-state index >= 15 is 0 Å². The number of hydrogen-bond acceptors (Lipinski definition) is 4. The molecule has 1 saturated heterocycles. The number of pyridine rings is 1. The van der Waals surface area contributed by atoms with Gasteiger partial charge in [-0.2, -0.15) is 4.39 Å². The van der Waals surface area contributed by atoms with Crippen molar-refractivity contribution in [3.63, 3.8) is 0 Å². The summed E-state index contributed by atoms with van der Waals surface area (Å²) in [6, 6.07) is 10.1. The molecular weight excluding hydrogens is 321 g/mol. The first-order valence-corrected chi connectivity index (χ1v) is 9.26. The van der Waals surface area contributed by atoms with Crippen LogP contribution in [0.15, 0.2) is 36.5 Å². The SMILES string of the molecule is C[C@@H]1CCCN1CCc1nc2cc(-c3ccc(F)nc3)ccc2s1. The van der Waals surface area contributed by atoms with Crippen LogP contribution < -0.4 is 0 Å². The molecule has 1 fully saturated rings. The largest absolute Gasteiger partial charge is 0.300 e. The lowest BCUT2D eigenvalue weighted by Crippen LogP contribution is -2.28. The second-order valence-corrected chi connectivity index (χ2v) is 7.55. The van der Waals surface area contributed by atoms with Gasteiger partial charge < -0.3 is 4.90 Å². The molecule has 0 amide bonds. The summed E-state index contributed by atoms with van der Waals surface area (Å²) < 4.78 is 14.2. The summed E-state index contributed by atoms with van der Waals surface area (Å²) in [5.74, 6) is -0.452. The van der Waals surface area contributed by atoms with Crippen LogP contribution in [-0.4, -0.2) is 34.0 Å². The van der Waals surface area contributed by atoms with Crippen LogP contribution in [0.25, 0.3) is 21.3 Å². The molecule has 124 valence electrons. The lowest BCUT2D eigenvalue weighted by atomic mass is 10.1. The van der Waals surface area contributed by atoms with Crippen molar-refractivity contribution in [2.45, 2.75) is 32.2 Å². The molecule has 2 aromatic heterocycles. The van der Waals surface area contributed by atoms with E-state index in [2.05, 4.69) is 35.0 Å².